The van der Waals surface area contributed by atoms with E-state index in [0.29, 0.717) is 38.8 Å². The summed E-state index contributed by atoms with van der Waals surface area (Å²) in [6.45, 7) is 0.982. The molecular weight excluding hydrogens is 436 g/mol. The predicted molar refractivity (Wildman–Crippen MR) is 128 cm³/mol. The van der Waals surface area contributed by atoms with Crippen molar-refractivity contribution in [2.24, 2.45) is 0 Å². The number of carboxylic acid groups (broad SMARTS) is 1. The zero-order chi connectivity index (χ0) is 24.3. The van der Waals surface area contributed by atoms with Crippen LogP contribution in [0.5, 0.6) is 0 Å². The van der Waals surface area contributed by atoms with E-state index in [4.69, 9.17) is 14.6 Å². The maximum Gasteiger partial charge on any atom is 0.407 e. The predicted octanol–water partition coefficient (Wildman–Crippen LogP) is 3.69. The van der Waals surface area contributed by atoms with Crippen molar-refractivity contribution >= 4 is 18.0 Å². The molecule has 0 fully saturated rings. The van der Waals surface area contributed by atoms with Gasteiger partial charge in [0.1, 0.15) is 12.6 Å². The smallest absolute Gasteiger partial charge is 0.407 e. The first-order chi connectivity index (χ1) is 16.5. The van der Waals surface area contributed by atoms with Gasteiger partial charge in [-0.05, 0) is 47.9 Å². The van der Waals surface area contributed by atoms with Crippen LogP contribution in [0.4, 0.5) is 4.79 Å². The number of hydrogen-bond donors (Lipinski definition) is 3. The monoisotopic (exact) mass is 468 g/mol. The quantitative estimate of drug-likeness (QED) is 0.386. The van der Waals surface area contributed by atoms with Gasteiger partial charge < -0.3 is 25.2 Å². The van der Waals surface area contributed by atoms with Crippen molar-refractivity contribution in [3.8, 4) is 11.1 Å². The number of carbonyl (C=O) groups excluding carboxylic acids is 2. The van der Waals surface area contributed by atoms with E-state index in [-0.39, 0.29) is 24.9 Å². The first kappa shape index (κ1) is 25.2. The molecule has 1 aliphatic carbocycles. The summed E-state index contributed by atoms with van der Waals surface area (Å²) in [5.41, 5.74) is 4.53. The van der Waals surface area contributed by atoms with Crippen LogP contribution in [0.25, 0.3) is 11.1 Å². The maximum atomic E-state index is 12.6. The van der Waals surface area contributed by atoms with Crippen molar-refractivity contribution in [3.05, 3.63) is 59.7 Å². The van der Waals surface area contributed by atoms with Gasteiger partial charge in [0.15, 0.2) is 0 Å². The Bertz CT molecular complexity index is 947. The highest BCUT2D eigenvalue weighted by Crippen LogP contribution is 2.44. The molecule has 1 atom stereocenters. The lowest BCUT2D eigenvalue weighted by Gasteiger charge is -2.20. The zero-order valence-electron chi connectivity index (χ0n) is 19.4. The molecule has 34 heavy (non-hydrogen) atoms. The third-order valence-corrected chi connectivity index (χ3v) is 5.91. The number of ether oxygens (including phenoxy) is 2. The third kappa shape index (κ3) is 6.81. The molecule has 0 radical (unpaired) electrons. The number of alkyl carbamates (subject to hydrolysis) is 1. The second-order valence-electron chi connectivity index (χ2n) is 8.30. The van der Waals surface area contributed by atoms with Crippen LogP contribution < -0.4 is 10.6 Å². The summed E-state index contributed by atoms with van der Waals surface area (Å²) in [4.78, 5) is 35.8. The van der Waals surface area contributed by atoms with Crippen LogP contribution in [0.15, 0.2) is 48.5 Å². The van der Waals surface area contributed by atoms with Crippen LogP contribution in [0.3, 0.4) is 0 Å². The Morgan fingerprint density at radius 1 is 0.971 bits per heavy atom. The normalized spacial score (nSPS) is 13.0. The lowest BCUT2D eigenvalue weighted by atomic mass is 9.98. The number of nitrogens with one attached hydrogen (secondary N) is 2. The van der Waals surface area contributed by atoms with E-state index < -0.39 is 18.1 Å². The number of methoxy groups -OCH3 is 1. The fourth-order valence-corrected chi connectivity index (χ4v) is 4.22. The molecule has 8 heteroatoms. The highest BCUT2D eigenvalue weighted by molar-refractivity contribution is 5.85. The van der Waals surface area contributed by atoms with Crippen LogP contribution in [0.1, 0.15) is 49.1 Å². The summed E-state index contributed by atoms with van der Waals surface area (Å²) >= 11 is 0. The molecule has 0 bridgehead atoms. The number of unbranched alkanes of at least 4 members (excludes halogenated alkanes) is 1. The molecule has 1 unspecified atom stereocenters. The van der Waals surface area contributed by atoms with Gasteiger partial charge in [0.25, 0.3) is 0 Å². The summed E-state index contributed by atoms with van der Waals surface area (Å²) in [6, 6.07) is 15.4. The Morgan fingerprint density at radius 2 is 1.62 bits per heavy atom. The molecule has 3 N–H and O–H groups in total. The van der Waals surface area contributed by atoms with E-state index in [1.165, 1.54) is 0 Å². The van der Waals surface area contributed by atoms with Crippen molar-refractivity contribution in [3.63, 3.8) is 0 Å². The van der Waals surface area contributed by atoms with Crippen LogP contribution in [0.2, 0.25) is 0 Å². The minimum Gasteiger partial charge on any atom is -0.481 e. The van der Waals surface area contributed by atoms with Gasteiger partial charge in [0.2, 0.25) is 5.91 Å². The molecule has 2 aromatic carbocycles. The Hall–Kier alpha value is -3.39. The summed E-state index contributed by atoms with van der Waals surface area (Å²) < 4.78 is 10.6. The molecular formula is C26H32N2O6. The number of aliphatic carboxylic acids is 1. The zero-order valence-corrected chi connectivity index (χ0v) is 19.4. The summed E-state index contributed by atoms with van der Waals surface area (Å²) in [6.07, 6.45) is 1.43. The van der Waals surface area contributed by atoms with Crippen LogP contribution in [-0.2, 0) is 19.1 Å². The molecule has 182 valence electrons. The first-order valence-electron chi connectivity index (χ1n) is 11.6. The number of hydrogen-bond acceptors (Lipinski definition) is 5. The van der Waals surface area contributed by atoms with E-state index in [0.717, 1.165) is 22.3 Å². The van der Waals surface area contributed by atoms with E-state index in [1.807, 2.05) is 36.4 Å². The SMILES string of the molecule is COCCCC(NC(=O)OCC1c2ccccc2-c2ccccc21)C(=O)NCCCCC(=O)O. The van der Waals surface area contributed by atoms with Crippen LogP contribution in [-0.4, -0.2) is 56.0 Å². The number of benzene rings is 2. The Balaban J connectivity index is 1.55. The van der Waals surface area contributed by atoms with E-state index in [1.54, 1.807) is 7.11 Å². The lowest BCUT2D eigenvalue weighted by Crippen LogP contribution is -2.47. The van der Waals surface area contributed by atoms with Gasteiger partial charge in [0, 0.05) is 32.6 Å². The van der Waals surface area contributed by atoms with Gasteiger partial charge in [-0.1, -0.05) is 48.5 Å². The molecule has 0 saturated carbocycles. The van der Waals surface area contributed by atoms with Crippen molar-refractivity contribution in [1.29, 1.82) is 0 Å². The highest BCUT2D eigenvalue weighted by atomic mass is 16.5. The average molecular weight is 469 g/mol. The van der Waals surface area contributed by atoms with Crippen molar-refractivity contribution < 1.29 is 29.0 Å². The number of amides is 2. The molecule has 1 aliphatic rings. The van der Waals surface area contributed by atoms with Gasteiger partial charge >= 0.3 is 12.1 Å². The average Bonchev–Trinajstić information content (AvgIpc) is 3.15. The standard InChI is InChI=1S/C26H32N2O6/c1-33-16-8-13-23(25(31)27-15-7-6-14-24(29)30)28-26(32)34-17-22-20-11-4-2-9-18(20)19-10-3-5-12-21(19)22/h2-5,9-12,22-23H,6-8,13-17H2,1H3,(H,27,31)(H,28,32)(H,29,30). The minimum absolute atomic E-state index is 0.0607. The van der Waals surface area contributed by atoms with Gasteiger partial charge in [-0.15, -0.1) is 0 Å². The fraction of sp³-hybridized carbons (Fsp3) is 0.423. The molecule has 2 amide bonds. The Morgan fingerprint density at radius 3 is 2.24 bits per heavy atom. The second kappa shape index (κ2) is 12.7. The maximum absolute atomic E-state index is 12.6. The molecule has 0 aliphatic heterocycles. The van der Waals surface area contributed by atoms with Crippen molar-refractivity contribution in [2.75, 3.05) is 26.9 Å². The molecule has 0 saturated heterocycles. The minimum atomic E-state index is -0.860. The second-order valence-corrected chi connectivity index (χ2v) is 8.30. The topological polar surface area (TPSA) is 114 Å². The van der Waals surface area contributed by atoms with Gasteiger partial charge in [-0.25, -0.2) is 4.79 Å². The number of carboxylic acids is 1. The van der Waals surface area contributed by atoms with E-state index >= 15 is 0 Å². The highest BCUT2D eigenvalue weighted by Gasteiger charge is 2.29. The van der Waals surface area contributed by atoms with Crippen molar-refractivity contribution in [2.45, 2.75) is 44.1 Å². The van der Waals surface area contributed by atoms with Gasteiger partial charge in [0.05, 0.1) is 0 Å². The number of fused-ring (bicyclic) bond motifs is 3. The number of rotatable bonds is 13. The molecule has 0 heterocycles. The third-order valence-electron chi connectivity index (χ3n) is 5.91. The largest absolute Gasteiger partial charge is 0.481 e. The summed E-state index contributed by atoms with van der Waals surface area (Å²) in [5, 5.41) is 14.2. The van der Waals surface area contributed by atoms with E-state index in [2.05, 4.69) is 22.8 Å². The fourth-order valence-electron chi connectivity index (χ4n) is 4.22. The van der Waals surface area contributed by atoms with Gasteiger partial charge in [-0.2, -0.15) is 0 Å². The molecule has 8 nitrogen and oxygen atoms in total. The van der Waals surface area contributed by atoms with E-state index in [9.17, 15) is 14.4 Å². The van der Waals surface area contributed by atoms with Gasteiger partial charge in [-0.3, -0.25) is 9.59 Å². The first-order valence-corrected chi connectivity index (χ1v) is 11.6. The summed E-state index contributed by atoms with van der Waals surface area (Å²) in [5.74, 6) is -1.24. The number of carbonyl (C=O) groups is 3. The molecule has 2 aromatic rings. The molecule has 0 spiro atoms. The van der Waals surface area contributed by atoms with Crippen LogP contribution >= 0.6 is 0 Å². The molecule has 0 aromatic heterocycles. The Labute approximate surface area is 199 Å². The summed E-state index contributed by atoms with van der Waals surface area (Å²) in [7, 11) is 1.58. The van der Waals surface area contributed by atoms with Crippen LogP contribution in [0, 0.1) is 0 Å². The van der Waals surface area contributed by atoms with Crippen molar-refractivity contribution in [1.82, 2.24) is 10.6 Å². The lowest BCUT2D eigenvalue weighted by molar-refractivity contribution is -0.137. The molecule has 3 rings (SSSR count). The Kier molecular flexibility index (Phi) is 9.46.